The van der Waals surface area contributed by atoms with Crippen LogP contribution in [0.4, 0.5) is 23.1 Å². The molecule has 4 aromatic rings. The molecule has 0 fully saturated rings. The molecule has 9 heteroatoms. The van der Waals surface area contributed by atoms with Crippen molar-refractivity contribution >= 4 is 40.1 Å². The van der Waals surface area contributed by atoms with Crippen molar-refractivity contribution in [2.75, 3.05) is 37.2 Å². The van der Waals surface area contributed by atoms with Crippen molar-refractivity contribution in [1.82, 2.24) is 14.5 Å². The Labute approximate surface area is 191 Å². The Kier molecular flexibility index (Phi) is 6.30. The van der Waals surface area contributed by atoms with E-state index in [-0.39, 0.29) is 5.91 Å². The molecule has 0 atom stereocenters. The largest absolute Gasteiger partial charge is 0.493 e. The van der Waals surface area contributed by atoms with E-state index in [1.165, 1.54) is 6.92 Å². The highest BCUT2D eigenvalue weighted by Crippen LogP contribution is 2.30. The molecule has 2 heterocycles. The quantitative estimate of drug-likeness (QED) is 0.372. The first-order chi connectivity index (χ1) is 16.0. The number of ether oxygens (including phenoxy) is 2. The van der Waals surface area contributed by atoms with Gasteiger partial charge in [-0.2, -0.15) is 0 Å². The van der Waals surface area contributed by atoms with Crippen LogP contribution < -0.4 is 25.4 Å². The van der Waals surface area contributed by atoms with Gasteiger partial charge in [0.05, 0.1) is 32.5 Å². The van der Waals surface area contributed by atoms with E-state index in [0.29, 0.717) is 23.9 Å². The van der Waals surface area contributed by atoms with Gasteiger partial charge in [-0.15, -0.1) is 0 Å². The number of nitrogens with zero attached hydrogens (tertiary/aromatic N) is 3. The van der Waals surface area contributed by atoms with Gasteiger partial charge in [-0.05, 0) is 42.0 Å². The normalized spacial score (nSPS) is 10.7. The van der Waals surface area contributed by atoms with Gasteiger partial charge in [-0.3, -0.25) is 4.79 Å². The smallest absolute Gasteiger partial charge is 0.221 e. The van der Waals surface area contributed by atoms with Crippen LogP contribution in [-0.4, -0.2) is 41.7 Å². The summed E-state index contributed by atoms with van der Waals surface area (Å²) in [7, 11) is 5.09. The molecule has 33 heavy (non-hydrogen) atoms. The second-order valence-electron chi connectivity index (χ2n) is 7.40. The predicted octanol–water partition coefficient (Wildman–Crippen LogP) is 4.24. The van der Waals surface area contributed by atoms with Crippen LogP contribution in [0.15, 0.2) is 54.7 Å². The molecular formula is C24H26N6O3. The Morgan fingerprint density at radius 1 is 1.00 bits per heavy atom. The van der Waals surface area contributed by atoms with Crippen LogP contribution in [-0.2, 0) is 11.3 Å². The molecule has 0 radical (unpaired) electrons. The summed E-state index contributed by atoms with van der Waals surface area (Å²) in [6.07, 6.45) is 1.75. The Balaban J connectivity index is 1.63. The van der Waals surface area contributed by atoms with E-state index in [0.717, 1.165) is 33.9 Å². The zero-order valence-corrected chi connectivity index (χ0v) is 19.0. The van der Waals surface area contributed by atoms with Gasteiger partial charge in [0.15, 0.2) is 11.5 Å². The molecule has 0 saturated carbocycles. The monoisotopic (exact) mass is 446 g/mol. The van der Waals surface area contributed by atoms with E-state index in [9.17, 15) is 4.79 Å². The van der Waals surface area contributed by atoms with E-state index < -0.39 is 0 Å². The molecule has 0 aliphatic heterocycles. The Morgan fingerprint density at radius 2 is 1.73 bits per heavy atom. The summed E-state index contributed by atoms with van der Waals surface area (Å²) in [5.41, 5.74) is 4.36. The van der Waals surface area contributed by atoms with Gasteiger partial charge in [-0.1, -0.05) is 6.07 Å². The molecule has 170 valence electrons. The van der Waals surface area contributed by atoms with E-state index in [2.05, 4.69) is 30.5 Å². The van der Waals surface area contributed by atoms with E-state index >= 15 is 0 Å². The highest BCUT2D eigenvalue weighted by molar-refractivity contribution is 5.89. The van der Waals surface area contributed by atoms with Crippen molar-refractivity contribution in [3.8, 4) is 11.5 Å². The summed E-state index contributed by atoms with van der Waals surface area (Å²) in [4.78, 5) is 20.4. The topological polar surface area (TPSA) is 102 Å². The van der Waals surface area contributed by atoms with Gasteiger partial charge < -0.3 is 30.0 Å². The molecule has 0 saturated heterocycles. The lowest BCUT2D eigenvalue weighted by Gasteiger charge is -2.13. The number of pyridine rings is 1. The van der Waals surface area contributed by atoms with Crippen LogP contribution in [0.1, 0.15) is 12.5 Å². The molecule has 0 aliphatic carbocycles. The Bertz CT molecular complexity index is 1280. The molecule has 3 N–H and O–H groups in total. The van der Waals surface area contributed by atoms with Gasteiger partial charge in [-0.25, -0.2) is 9.97 Å². The number of methoxy groups -OCH3 is 2. The van der Waals surface area contributed by atoms with Crippen molar-refractivity contribution < 1.29 is 14.3 Å². The third-order valence-electron chi connectivity index (χ3n) is 5.12. The number of anilines is 4. The second-order valence-corrected chi connectivity index (χ2v) is 7.40. The minimum Gasteiger partial charge on any atom is -0.493 e. The maximum absolute atomic E-state index is 11.2. The lowest BCUT2D eigenvalue weighted by molar-refractivity contribution is -0.114. The van der Waals surface area contributed by atoms with Crippen LogP contribution >= 0.6 is 0 Å². The summed E-state index contributed by atoms with van der Waals surface area (Å²) < 4.78 is 12.9. The maximum atomic E-state index is 11.2. The molecule has 0 aliphatic rings. The molecule has 2 aromatic carbocycles. The number of amides is 1. The fourth-order valence-corrected chi connectivity index (χ4v) is 3.60. The van der Waals surface area contributed by atoms with Crippen LogP contribution in [0, 0.1) is 0 Å². The summed E-state index contributed by atoms with van der Waals surface area (Å²) in [6, 6.07) is 15.3. The SMILES string of the molecule is CNc1nc2cnc(Nc3ccc(NC(C)=O)cc3)cc2n1Cc1ccc(OC)c(OC)c1. The number of carbonyl (C=O) groups excluding carboxylic acids is 1. The number of imidazole rings is 1. The summed E-state index contributed by atoms with van der Waals surface area (Å²) in [5, 5.41) is 9.22. The first kappa shape index (κ1) is 21.9. The molecule has 2 aromatic heterocycles. The zero-order valence-electron chi connectivity index (χ0n) is 19.0. The number of fused-ring (bicyclic) bond motifs is 1. The van der Waals surface area contributed by atoms with E-state index in [1.807, 2.05) is 55.6 Å². The number of rotatable bonds is 8. The van der Waals surface area contributed by atoms with E-state index in [4.69, 9.17) is 9.47 Å². The summed E-state index contributed by atoms with van der Waals surface area (Å²) in [5.74, 6) is 2.68. The number of nitrogens with one attached hydrogen (secondary N) is 3. The highest BCUT2D eigenvalue weighted by Gasteiger charge is 2.13. The van der Waals surface area contributed by atoms with Crippen molar-refractivity contribution in [2.45, 2.75) is 13.5 Å². The molecule has 9 nitrogen and oxygen atoms in total. The van der Waals surface area contributed by atoms with Crippen LogP contribution in [0.3, 0.4) is 0 Å². The van der Waals surface area contributed by atoms with Crippen LogP contribution in [0.25, 0.3) is 11.0 Å². The summed E-state index contributed by atoms with van der Waals surface area (Å²) >= 11 is 0. The fraction of sp³-hybridized carbons (Fsp3) is 0.208. The van der Waals surface area contributed by atoms with Crippen molar-refractivity contribution in [1.29, 1.82) is 0 Å². The lowest BCUT2D eigenvalue weighted by atomic mass is 10.2. The summed E-state index contributed by atoms with van der Waals surface area (Å²) in [6.45, 7) is 2.07. The minimum absolute atomic E-state index is 0.106. The molecule has 0 unspecified atom stereocenters. The fourth-order valence-electron chi connectivity index (χ4n) is 3.60. The Hall–Kier alpha value is -4.27. The average molecular weight is 447 g/mol. The van der Waals surface area contributed by atoms with Crippen LogP contribution in [0.2, 0.25) is 0 Å². The first-order valence-electron chi connectivity index (χ1n) is 10.4. The third-order valence-corrected chi connectivity index (χ3v) is 5.12. The average Bonchev–Trinajstić information content (AvgIpc) is 3.16. The third kappa shape index (κ3) is 4.82. The van der Waals surface area contributed by atoms with Gasteiger partial charge in [0.2, 0.25) is 11.9 Å². The van der Waals surface area contributed by atoms with Crippen molar-refractivity contribution in [3.63, 3.8) is 0 Å². The van der Waals surface area contributed by atoms with Crippen LogP contribution in [0.5, 0.6) is 11.5 Å². The van der Waals surface area contributed by atoms with Gasteiger partial charge in [0.25, 0.3) is 0 Å². The molecule has 0 spiro atoms. The van der Waals surface area contributed by atoms with Gasteiger partial charge in [0.1, 0.15) is 11.3 Å². The number of benzene rings is 2. The minimum atomic E-state index is -0.106. The number of carbonyl (C=O) groups is 1. The molecule has 4 rings (SSSR count). The number of hydrogen-bond donors (Lipinski definition) is 3. The first-order valence-corrected chi connectivity index (χ1v) is 10.4. The van der Waals surface area contributed by atoms with Crippen molar-refractivity contribution in [2.24, 2.45) is 0 Å². The number of aromatic nitrogens is 3. The standard InChI is InChI=1S/C24H26N6O3/c1-15(31)27-17-6-8-18(9-7-17)28-23-12-20-19(13-26-23)29-24(25-2)30(20)14-16-5-10-21(32-3)22(11-16)33-4/h5-13H,14H2,1-4H3,(H,25,29)(H,26,28)(H,27,31). The van der Waals surface area contributed by atoms with Gasteiger partial charge >= 0.3 is 0 Å². The van der Waals surface area contributed by atoms with Gasteiger partial charge in [0, 0.05) is 31.4 Å². The van der Waals surface area contributed by atoms with E-state index in [1.54, 1.807) is 20.4 Å². The number of hydrogen-bond acceptors (Lipinski definition) is 7. The lowest BCUT2D eigenvalue weighted by Crippen LogP contribution is -2.06. The second kappa shape index (κ2) is 9.47. The molecule has 1 amide bonds. The Morgan fingerprint density at radius 3 is 2.39 bits per heavy atom. The maximum Gasteiger partial charge on any atom is 0.221 e. The highest BCUT2D eigenvalue weighted by atomic mass is 16.5. The molecule has 0 bridgehead atoms. The molecular weight excluding hydrogens is 420 g/mol. The zero-order chi connectivity index (χ0) is 23.4. The van der Waals surface area contributed by atoms with Crippen molar-refractivity contribution in [3.05, 3.63) is 60.3 Å². The predicted molar refractivity (Wildman–Crippen MR) is 130 cm³/mol.